The summed E-state index contributed by atoms with van der Waals surface area (Å²) in [6, 6.07) is -0.603. The highest BCUT2D eigenvalue weighted by Gasteiger charge is 2.73. The van der Waals surface area contributed by atoms with Crippen LogP contribution in [0, 0.1) is 0 Å². The molecule has 0 aromatic carbocycles. The molecule has 40 heavy (non-hydrogen) atoms. The Kier molecular flexibility index (Phi) is 7.92. The topological polar surface area (TPSA) is 102 Å². The summed E-state index contributed by atoms with van der Waals surface area (Å²) in [6.07, 6.45) is -4.46. The smallest absolute Gasteiger partial charge is 0.426 e. The Hall–Kier alpha value is -0.240. The van der Waals surface area contributed by atoms with Crippen LogP contribution in [0.3, 0.4) is 0 Å². The van der Waals surface area contributed by atoms with Gasteiger partial charge in [0.05, 0.1) is 12.1 Å². The molecule has 228 valence electrons. The largest absolute Gasteiger partial charge is 0.443 e. The molecule has 5 fully saturated rings. The third kappa shape index (κ3) is 5.34. The first kappa shape index (κ1) is 31.2. The van der Waals surface area contributed by atoms with Gasteiger partial charge in [0.25, 0.3) is 0 Å². The third-order valence-corrected chi connectivity index (χ3v) is 9.18. The summed E-state index contributed by atoms with van der Waals surface area (Å²) in [5, 5.41) is 7.09. The highest BCUT2D eigenvalue weighted by Crippen LogP contribution is 2.52. The van der Waals surface area contributed by atoms with Crippen molar-refractivity contribution in [1.29, 1.82) is 0 Å². The first-order valence-electron chi connectivity index (χ1n) is 13.7. The van der Waals surface area contributed by atoms with Gasteiger partial charge >= 0.3 is 12.2 Å². The molecule has 0 saturated carbocycles. The van der Waals surface area contributed by atoms with E-state index in [1.807, 2.05) is 79.3 Å². The van der Waals surface area contributed by atoms with Gasteiger partial charge in [-0.05, 0) is 69.2 Å². The van der Waals surface area contributed by atoms with Gasteiger partial charge in [0, 0.05) is 8.86 Å². The van der Waals surface area contributed by atoms with E-state index in [-0.39, 0.29) is 12.1 Å². The summed E-state index contributed by atoms with van der Waals surface area (Å²) in [5.74, 6) is -1.72. The van der Waals surface area contributed by atoms with Gasteiger partial charge in [-0.3, -0.25) is 0 Å². The van der Waals surface area contributed by atoms with Gasteiger partial charge in [0.2, 0.25) is 0 Å². The van der Waals surface area contributed by atoms with E-state index in [0.717, 1.165) is 0 Å². The minimum atomic E-state index is -0.862. The van der Waals surface area contributed by atoms with E-state index in [9.17, 15) is 9.59 Å². The number of carbonyl (C=O) groups excluding carboxylic acids is 2. The second-order valence-corrected chi connectivity index (χ2v) is 15.6. The highest BCUT2D eigenvalue weighted by molar-refractivity contribution is 14.1. The molecule has 0 radical (unpaired) electrons. The van der Waals surface area contributed by atoms with E-state index in [1.165, 1.54) is 0 Å². The Labute approximate surface area is 263 Å². The Balaban J connectivity index is 1.70. The number of hydrogen-bond acceptors (Lipinski definition) is 10. The molecular formula is C26H42I2N4O8. The molecule has 5 heterocycles. The molecule has 2 amide bonds. The number of rotatable bonds is 2. The molecule has 8 atom stereocenters. The third-order valence-electron chi connectivity index (χ3n) is 7.37. The second kappa shape index (κ2) is 10.2. The Morgan fingerprint density at radius 1 is 0.650 bits per heavy atom. The lowest BCUT2D eigenvalue weighted by molar-refractivity contribution is -0.310. The van der Waals surface area contributed by atoms with Crippen LogP contribution in [0.15, 0.2) is 0 Å². The molecule has 5 aliphatic heterocycles. The standard InChI is InChI=1S/C26H42I2N4O8/c1-23(2,3)39-21(33)31-19-17-16(36-25(7,8)37-17)14(12-28)30(19)32(22(34)40-24(4,5)6)20-18-15(13(11-27)29(20)31)35-26(9,10)38-18/h13-20H,11-12H2,1-10H3/t13-,14-,15+,16+,17+,18+,19-,20-/m0/s1. The van der Waals surface area contributed by atoms with Crippen LogP contribution in [0.1, 0.15) is 69.2 Å². The highest BCUT2D eigenvalue weighted by atomic mass is 127. The summed E-state index contributed by atoms with van der Waals surface area (Å²) in [5.41, 5.74) is -1.51. The molecule has 0 aromatic rings. The fourth-order valence-corrected chi connectivity index (χ4v) is 8.18. The lowest BCUT2D eigenvalue weighted by atomic mass is 10.1. The maximum absolute atomic E-state index is 14.2. The van der Waals surface area contributed by atoms with Gasteiger partial charge in [0.1, 0.15) is 35.6 Å². The first-order chi connectivity index (χ1) is 18.3. The number of halogens is 2. The van der Waals surface area contributed by atoms with Crippen LogP contribution in [-0.4, -0.2) is 113 Å². The Morgan fingerprint density at radius 3 is 1.23 bits per heavy atom. The van der Waals surface area contributed by atoms with Crippen LogP contribution >= 0.6 is 45.2 Å². The second-order valence-electron chi connectivity index (χ2n) is 13.8. The summed E-state index contributed by atoms with van der Waals surface area (Å²) in [6.45, 7) is 18.5. The van der Waals surface area contributed by atoms with Crippen molar-refractivity contribution in [3.63, 3.8) is 0 Å². The average Bonchev–Trinajstić information content (AvgIpc) is 3.42. The zero-order chi connectivity index (χ0) is 29.7. The number of carbonyl (C=O) groups is 2. The zero-order valence-electron chi connectivity index (χ0n) is 24.8. The normalized spacial score (nSPS) is 38.6. The quantitative estimate of drug-likeness (QED) is 0.299. The van der Waals surface area contributed by atoms with E-state index in [2.05, 4.69) is 45.2 Å². The number of nitrogens with zero attached hydrogens (tertiary/aromatic N) is 4. The van der Waals surface area contributed by atoms with Gasteiger partial charge in [0.15, 0.2) is 23.9 Å². The SMILES string of the molecule is CC(C)(C)OC(=O)N1[C@H]2[C@@H]3OC(C)(C)O[C@@H]3[C@H](CI)N2N(C(=O)OC(C)(C)C)[C@H]2[C@@H]3OC(C)(C)O[C@@H]3[C@H](CI)N21. The van der Waals surface area contributed by atoms with Crippen molar-refractivity contribution in [2.24, 2.45) is 0 Å². The first-order valence-corrected chi connectivity index (χ1v) is 16.8. The monoisotopic (exact) mass is 792 g/mol. The number of alkyl halides is 2. The molecule has 14 heteroatoms. The molecule has 5 aliphatic rings. The summed E-state index contributed by atoms with van der Waals surface area (Å²) in [4.78, 5) is 28.4. The van der Waals surface area contributed by atoms with Crippen molar-refractivity contribution in [2.45, 2.75) is 141 Å². The minimum absolute atomic E-state index is 0.301. The Bertz CT molecular complexity index is 953. The predicted molar refractivity (Wildman–Crippen MR) is 160 cm³/mol. The molecule has 0 N–H and O–H groups in total. The lowest BCUT2D eigenvalue weighted by Crippen LogP contribution is -2.78. The average molecular weight is 792 g/mol. The van der Waals surface area contributed by atoms with Crippen LogP contribution in [0.2, 0.25) is 0 Å². The van der Waals surface area contributed by atoms with E-state index in [4.69, 9.17) is 28.4 Å². The van der Waals surface area contributed by atoms with E-state index in [1.54, 1.807) is 10.0 Å². The fourth-order valence-electron chi connectivity index (χ4n) is 6.37. The van der Waals surface area contributed by atoms with Crippen molar-refractivity contribution in [3.05, 3.63) is 0 Å². The van der Waals surface area contributed by atoms with Crippen LogP contribution in [-0.2, 0) is 28.4 Å². The number of fused-ring (bicyclic) bond motifs is 6. The number of amides is 2. The molecule has 12 nitrogen and oxygen atoms in total. The number of ether oxygens (including phenoxy) is 6. The molecule has 0 unspecified atom stereocenters. The summed E-state index contributed by atoms with van der Waals surface area (Å²) >= 11 is 4.60. The number of hydrazine groups is 2. The van der Waals surface area contributed by atoms with E-state index in [0.29, 0.717) is 8.86 Å². The van der Waals surface area contributed by atoms with Gasteiger partial charge < -0.3 is 28.4 Å². The summed E-state index contributed by atoms with van der Waals surface area (Å²) in [7, 11) is 0. The predicted octanol–water partition coefficient (Wildman–Crippen LogP) is 4.24. The minimum Gasteiger partial charge on any atom is -0.443 e. The van der Waals surface area contributed by atoms with Gasteiger partial charge in [-0.2, -0.15) is 10.0 Å². The van der Waals surface area contributed by atoms with Gasteiger partial charge in [-0.25, -0.2) is 19.6 Å². The van der Waals surface area contributed by atoms with E-state index < -0.39 is 71.7 Å². The molecule has 5 saturated heterocycles. The molecule has 0 spiro atoms. The van der Waals surface area contributed by atoms with Gasteiger partial charge in [-0.15, -0.1) is 0 Å². The molecule has 0 bridgehead atoms. The zero-order valence-corrected chi connectivity index (χ0v) is 29.2. The molecule has 5 rings (SSSR count). The number of hydrogen-bond donors (Lipinski definition) is 0. The fraction of sp³-hybridized carbons (Fsp3) is 0.923. The maximum Gasteiger partial charge on any atom is 0.426 e. The van der Waals surface area contributed by atoms with E-state index >= 15 is 0 Å². The van der Waals surface area contributed by atoms with Crippen LogP contribution in [0.4, 0.5) is 9.59 Å². The van der Waals surface area contributed by atoms with Crippen molar-refractivity contribution in [1.82, 2.24) is 20.0 Å². The van der Waals surface area contributed by atoms with Crippen molar-refractivity contribution in [2.75, 3.05) is 8.86 Å². The maximum atomic E-state index is 14.2. The van der Waals surface area contributed by atoms with Crippen molar-refractivity contribution < 1.29 is 38.0 Å². The van der Waals surface area contributed by atoms with Gasteiger partial charge in [-0.1, -0.05) is 45.2 Å². The van der Waals surface area contributed by atoms with Crippen LogP contribution < -0.4 is 0 Å². The lowest BCUT2D eigenvalue weighted by Gasteiger charge is -2.57. The van der Waals surface area contributed by atoms with Crippen LogP contribution in [0.25, 0.3) is 0 Å². The molecule has 0 aliphatic carbocycles. The van der Waals surface area contributed by atoms with Crippen molar-refractivity contribution >= 4 is 57.4 Å². The Morgan fingerprint density at radius 2 is 0.950 bits per heavy atom. The molecular weight excluding hydrogens is 750 g/mol. The van der Waals surface area contributed by atoms with Crippen molar-refractivity contribution in [3.8, 4) is 0 Å². The van der Waals surface area contributed by atoms with Crippen LogP contribution in [0.5, 0.6) is 0 Å². The molecule has 0 aromatic heterocycles. The summed E-state index contributed by atoms with van der Waals surface area (Å²) < 4.78 is 39.0.